The molecule has 0 rings (SSSR count). The predicted molar refractivity (Wildman–Crippen MR) is 74.9 cm³/mol. The lowest BCUT2D eigenvalue weighted by molar-refractivity contribution is -0.143. The van der Waals surface area contributed by atoms with Gasteiger partial charge in [0, 0.05) is 20.1 Å². The Balaban J connectivity index is 4.83. The average Bonchev–Trinajstić information content (AvgIpc) is 2.35. The molecule has 0 atom stereocenters. The molecule has 0 unspecified atom stereocenters. The number of hydrogen-bond acceptors (Lipinski definition) is 4. The second kappa shape index (κ2) is 9.06. The summed E-state index contributed by atoms with van der Waals surface area (Å²) in [6.45, 7) is 7.62. The van der Waals surface area contributed by atoms with Gasteiger partial charge in [0.15, 0.2) is 0 Å². The van der Waals surface area contributed by atoms with Crippen LogP contribution in [0.2, 0.25) is 0 Å². The van der Waals surface area contributed by atoms with Crippen molar-refractivity contribution in [3.05, 3.63) is 12.7 Å². The fourth-order valence-electron chi connectivity index (χ4n) is 1.43. The van der Waals surface area contributed by atoms with Crippen LogP contribution in [-0.4, -0.2) is 56.3 Å². The lowest BCUT2D eigenvalue weighted by Crippen LogP contribution is -2.45. The van der Waals surface area contributed by atoms with Gasteiger partial charge in [0.05, 0.1) is 6.61 Å². The van der Waals surface area contributed by atoms with Crippen LogP contribution in [0.1, 0.15) is 26.7 Å². The molecule has 0 fully saturated rings. The highest BCUT2D eigenvalue weighted by Crippen LogP contribution is 2.08. The van der Waals surface area contributed by atoms with E-state index in [2.05, 4.69) is 6.58 Å². The Morgan fingerprint density at radius 2 is 2.00 bits per heavy atom. The molecule has 0 aliphatic carbocycles. The molecule has 0 saturated heterocycles. The minimum Gasteiger partial charge on any atom is -0.465 e. The number of rotatable bonds is 10. The maximum absolute atomic E-state index is 12.3. The van der Waals surface area contributed by atoms with Gasteiger partial charge in [0.2, 0.25) is 0 Å². The van der Waals surface area contributed by atoms with Crippen LogP contribution in [0.25, 0.3) is 0 Å². The first-order valence-electron chi connectivity index (χ1n) is 6.38. The third-order valence-corrected chi connectivity index (χ3v) is 4.39. The lowest BCUT2D eigenvalue weighted by atomic mass is 10.3. The largest absolute Gasteiger partial charge is 0.465 e. The molecule has 0 N–H and O–H groups in total. The van der Waals surface area contributed by atoms with E-state index in [-0.39, 0.29) is 19.7 Å². The first-order valence-corrected chi connectivity index (χ1v) is 7.77. The molecular formula is C12H24N2O4S. The first kappa shape index (κ1) is 18.1. The van der Waals surface area contributed by atoms with Crippen molar-refractivity contribution in [3.63, 3.8) is 0 Å². The standard InChI is InChI=1S/C12H24N2O4S/c1-5-8-10-13(4)19(16,17)14(9-6-2)11-12(15)18-7-3/h6H,2,5,7-11H2,1,3-4H3. The summed E-state index contributed by atoms with van der Waals surface area (Å²) in [7, 11) is -2.15. The molecule has 0 aromatic rings. The summed E-state index contributed by atoms with van der Waals surface area (Å²) >= 11 is 0. The summed E-state index contributed by atoms with van der Waals surface area (Å²) in [5.74, 6) is -0.559. The zero-order valence-electron chi connectivity index (χ0n) is 12.0. The molecule has 6 nitrogen and oxygen atoms in total. The minimum absolute atomic E-state index is 0.0810. The maximum Gasteiger partial charge on any atom is 0.321 e. The normalized spacial score (nSPS) is 11.8. The van der Waals surface area contributed by atoms with Crippen molar-refractivity contribution in [1.82, 2.24) is 8.61 Å². The van der Waals surface area contributed by atoms with Crippen molar-refractivity contribution in [3.8, 4) is 0 Å². The first-order chi connectivity index (χ1) is 8.89. The van der Waals surface area contributed by atoms with E-state index in [9.17, 15) is 13.2 Å². The summed E-state index contributed by atoms with van der Waals surface area (Å²) in [6, 6.07) is 0. The Morgan fingerprint density at radius 1 is 1.37 bits per heavy atom. The SMILES string of the molecule is C=CCN(CC(=O)OCC)S(=O)(=O)N(C)CCCC. The van der Waals surface area contributed by atoms with Crippen LogP contribution in [0.3, 0.4) is 0 Å². The third-order valence-electron chi connectivity index (χ3n) is 2.49. The van der Waals surface area contributed by atoms with E-state index < -0.39 is 16.2 Å². The van der Waals surface area contributed by atoms with Gasteiger partial charge < -0.3 is 4.74 Å². The minimum atomic E-state index is -3.65. The average molecular weight is 292 g/mol. The maximum atomic E-state index is 12.3. The second-order valence-corrected chi connectivity index (χ2v) is 6.10. The van der Waals surface area contributed by atoms with Crippen molar-refractivity contribution in [1.29, 1.82) is 0 Å². The Hall–Kier alpha value is -0.920. The van der Waals surface area contributed by atoms with Gasteiger partial charge in [-0.25, -0.2) is 0 Å². The second-order valence-electron chi connectivity index (χ2n) is 4.07. The molecule has 0 aliphatic rings. The molecule has 0 amide bonds. The van der Waals surface area contributed by atoms with Crippen molar-refractivity contribution in [2.75, 3.05) is 33.3 Å². The van der Waals surface area contributed by atoms with Crippen molar-refractivity contribution >= 4 is 16.2 Å². The van der Waals surface area contributed by atoms with Crippen molar-refractivity contribution in [2.24, 2.45) is 0 Å². The zero-order valence-corrected chi connectivity index (χ0v) is 12.8. The van der Waals surface area contributed by atoms with Gasteiger partial charge in [-0.1, -0.05) is 19.4 Å². The Morgan fingerprint density at radius 3 is 2.47 bits per heavy atom. The van der Waals surface area contributed by atoms with E-state index in [0.717, 1.165) is 17.1 Å². The molecule has 0 saturated carbocycles. The van der Waals surface area contributed by atoms with E-state index in [1.807, 2.05) is 6.92 Å². The molecular weight excluding hydrogens is 268 g/mol. The molecule has 0 aliphatic heterocycles. The Kier molecular flexibility index (Phi) is 8.62. The van der Waals surface area contributed by atoms with Crippen LogP contribution in [-0.2, 0) is 19.7 Å². The van der Waals surface area contributed by atoms with Gasteiger partial charge in [0.1, 0.15) is 6.54 Å². The van der Waals surface area contributed by atoms with Crippen LogP contribution in [0.4, 0.5) is 0 Å². The summed E-state index contributed by atoms with van der Waals surface area (Å²) in [5.41, 5.74) is 0. The van der Waals surface area contributed by atoms with E-state index in [1.54, 1.807) is 6.92 Å². The molecule has 0 aromatic heterocycles. The van der Waals surface area contributed by atoms with E-state index in [0.29, 0.717) is 6.54 Å². The quantitative estimate of drug-likeness (QED) is 0.445. The highest BCUT2D eigenvalue weighted by Gasteiger charge is 2.27. The molecule has 0 heterocycles. The molecule has 0 radical (unpaired) electrons. The highest BCUT2D eigenvalue weighted by atomic mass is 32.2. The zero-order chi connectivity index (χ0) is 14.9. The third kappa shape index (κ3) is 6.17. The summed E-state index contributed by atoms with van der Waals surface area (Å²) in [4.78, 5) is 11.4. The number of ether oxygens (including phenoxy) is 1. The Bertz CT molecular complexity index is 381. The van der Waals surface area contributed by atoms with Crippen molar-refractivity contribution < 1.29 is 17.9 Å². The van der Waals surface area contributed by atoms with Gasteiger partial charge in [-0.15, -0.1) is 6.58 Å². The van der Waals surface area contributed by atoms with E-state index in [1.165, 1.54) is 17.4 Å². The molecule has 112 valence electrons. The molecule has 19 heavy (non-hydrogen) atoms. The molecule has 0 bridgehead atoms. The fraction of sp³-hybridized carbons (Fsp3) is 0.750. The number of unbranched alkanes of at least 4 members (excludes halogenated alkanes) is 1. The highest BCUT2D eigenvalue weighted by molar-refractivity contribution is 7.86. The molecule has 0 aromatic carbocycles. The number of nitrogens with zero attached hydrogens (tertiary/aromatic N) is 2. The van der Waals surface area contributed by atoms with Crippen molar-refractivity contribution in [2.45, 2.75) is 26.7 Å². The van der Waals surface area contributed by atoms with Crippen LogP contribution >= 0.6 is 0 Å². The topological polar surface area (TPSA) is 66.9 Å². The van der Waals surface area contributed by atoms with Crippen LogP contribution < -0.4 is 0 Å². The molecule has 7 heteroatoms. The van der Waals surface area contributed by atoms with Gasteiger partial charge in [-0.05, 0) is 13.3 Å². The van der Waals surface area contributed by atoms with Gasteiger partial charge in [-0.3, -0.25) is 4.79 Å². The van der Waals surface area contributed by atoms with Gasteiger partial charge in [-0.2, -0.15) is 17.0 Å². The van der Waals surface area contributed by atoms with Crippen LogP contribution in [0, 0.1) is 0 Å². The fourth-order valence-corrected chi connectivity index (χ4v) is 2.74. The van der Waals surface area contributed by atoms with E-state index in [4.69, 9.17) is 4.74 Å². The summed E-state index contributed by atoms with van der Waals surface area (Å²) in [5, 5.41) is 0. The number of hydrogen-bond donors (Lipinski definition) is 0. The predicted octanol–water partition coefficient (Wildman–Crippen LogP) is 1.01. The summed E-state index contributed by atoms with van der Waals surface area (Å²) in [6.07, 6.45) is 3.13. The molecule has 0 spiro atoms. The van der Waals surface area contributed by atoms with Gasteiger partial charge in [0.25, 0.3) is 10.2 Å². The number of esters is 1. The monoisotopic (exact) mass is 292 g/mol. The van der Waals surface area contributed by atoms with Crippen LogP contribution in [0.15, 0.2) is 12.7 Å². The lowest BCUT2D eigenvalue weighted by Gasteiger charge is -2.25. The van der Waals surface area contributed by atoms with E-state index >= 15 is 0 Å². The van der Waals surface area contributed by atoms with Gasteiger partial charge >= 0.3 is 5.97 Å². The smallest absolute Gasteiger partial charge is 0.321 e. The summed E-state index contributed by atoms with van der Waals surface area (Å²) < 4.78 is 31.6. The Labute approximate surface area is 116 Å². The number of carbonyl (C=O) groups excluding carboxylic acids is 1. The number of carbonyl (C=O) groups is 1. The van der Waals surface area contributed by atoms with Crippen LogP contribution in [0.5, 0.6) is 0 Å².